The fourth-order valence-corrected chi connectivity index (χ4v) is 2.61. The molecule has 7 nitrogen and oxygen atoms in total. The zero-order valence-corrected chi connectivity index (χ0v) is 13.7. The van der Waals surface area contributed by atoms with Gasteiger partial charge in [0.05, 0.1) is 4.92 Å². The maximum absolute atomic E-state index is 12.1. The number of hydrogen-bond acceptors (Lipinski definition) is 5. The van der Waals surface area contributed by atoms with E-state index in [4.69, 9.17) is 0 Å². The van der Waals surface area contributed by atoms with Crippen molar-refractivity contribution in [2.75, 3.05) is 44.7 Å². The lowest BCUT2D eigenvalue weighted by atomic mass is 10.1. The zero-order valence-electron chi connectivity index (χ0n) is 13.7. The van der Waals surface area contributed by atoms with Gasteiger partial charge in [0.2, 0.25) is 0 Å². The van der Waals surface area contributed by atoms with Crippen molar-refractivity contribution in [1.82, 2.24) is 10.2 Å². The summed E-state index contributed by atoms with van der Waals surface area (Å²) in [5, 5.41) is 14.2. The average Bonchev–Trinajstić information content (AvgIpc) is 2.55. The number of nitrogens with one attached hydrogen (secondary N) is 1. The molecular formula is C16H24N4O3. The van der Waals surface area contributed by atoms with Gasteiger partial charge in [-0.1, -0.05) is 13.3 Å². The van der Waals surface area contributed by atoms with Crippen LogP contribution in [0.4, 0.5) is 11.4 Å². The summed E-state index contributed by atoms with van der Waals surface area (Å²) in [6, 6.07) is 4.75. The number of rotatable bonds is 6. The molecule has 7 heteroatoms. The summed E-state index contributed by atoms with van der Waals surface area (Å²) in [4.78, 5) is 27.3. The van der Waals surface area contributed by atoms with Crippen molar-refractivity contribution in [2.24, 2.45) is 0 Å². The fraction of sp³-hybridized carbons (Fsp3) is 0.562. The highest BCUT2D eigenvalue weighted by atomic mass is 16.6. The number of nitrogens with zero attached hydrogens (tertiary/aromatic N) is 3. The molecule has 1 aliphatic heterocycles. The Kier molecular flexibility index (Phi) is 5.92. The summed E-state index contributed by atoms with van der Waals surface area (Å²) in [7, 11) is 2.04. The molecular weight excluding hydrogens is 296 g/mol. The molecule has 1 aromatic rings. The number of hydrogen-bond donors (Lipinski definition) is 1. The van der Waals surface area contributed by atoms with Crippen molar-refractivity contribution < 1.29 is 9.72 Å². The van der Waals surface area contributed by atoms with Crippen LogP contribution in [0, 0.1) is 10.1 Å². The van der Waals surface area contributed by atoms with E-state index in [0.717, 1.165) is 39.0 Å². The van der Waals surface area contributed by atoms with Crippen LogP contribution in [-0.4, -0.2) is 55.5 Å². The van der Waals surface area contributed by atoms with E-state index in [9.17, 15) is 14.9 Å². The molecule has 1 aromatic carbocycles. The van der Waals surface area contributed by atoms with Crippen LogP contribution in [0.15, 0.2) is 18.2 Å². The molecule has 0 aliphatic carbocycles. The van der Waals surface area contributed by atoms with Crippen molar-refractivity contribution in [1.29, 1.82) is 0 Å². The maximum Gasteiger partial charge on any atom is 0.293 e. The molecule has 1 fully saturated rings. The second-order valence-electron chi connectivity index (χ2n) is 5.86. The third-order valence-electron chi connectivity index (χ3n) is 4.09. The topological polar surface area (TPSA) is 78.7 Å². The fourth-order valence-electron chi connectivity index (χ4n) is 2.61. The number of anilines is 1. The summed E-state index contributed by atoms with van der Waals surface area (Å²) in [5.41, 5.74) is 0.927. The van der Waals surface area contributed by atoms with Crippen LogP contribution in [0.25, 0.3) is 0 Å². The van der Waals surface area contributed by atoms with Gasteiger partial charge >= 0.3 is 0 Å². The highest BCUT2D eigenvalue weighted by Crippen LogP contribution is 2.30. The minimum atomic E-state index is -0.406. The first-order chi connectivity index (χ1) is 11.0. The molecule has 0 saturated carbocycles. The molecule has 2 rings (SSSR count). The molecule has 1 saturated heterocycles. The standard InChI is InChI=1S/C16H24N4O3/c1-3-4-7-17-16(21)13-5-6-14(15(12-13)20(22)23)19-10-8-18(2)9-11-19/h5-6,12H,3-4,7-11H2,1-2H3,(H,17,21). The van der Waals surface area contributed by atoms with E-state index in [1.165, 1.54) is 6.07 Å². The number of amides is 1. The van der Waals surface area contributed by atoms with Crippen LogP contribution < -0.4 is 10.2 Å². The first-order valence-corrected chi connectivity index (χ1v) is 8.03. The van der Waals surface area contributed by atoms with Crippen LogP contribution in [0.2, 0.25) is 0 Å². The monoisotopic (exact) mass is 320 g/mol. The van der Waals surface area contributed by atoms with Crippen LogP contribution >= 0.6 is 0 Å². The molecule has 0 aromatic heterocycles. The predicted molar refractivity (Wildman–Crippen MR) is 90.0 cm³/mol. The Morgan fingerprint density at radius 3 is 2.61 bits per heavy atom. The van der Waals surface area contributed by atoms with Crippen molar-refractivity contribution in [2.45, 2.75) is 19.8 Å². The maximum atomic E-state index is 12.1. The normalized spacial score (nSPS) is 15.5. The Morgan fingerprint density at radius 2 is 2.00 bits per heavy atom. The minimum Gasteiger partial charge on any atom is -0.363 e. The SMILES string of the molecule is CCCCNC(=O)c1ccc(N2CCN(C)CC2)c([N+](=O)[O-])c1. The third-order valence-corrected chi connectivity index (χ3v) is 4.09. The molecule has 0 atom stereocenters. The Bertz CT molecular complexity index is 568. The van der Waals surface area contributed by atoms with E-state index >= 15 is 0 Å². The molecule has 1 aliphatic rings. The Balaban J connectivity index is 2.18. The van der Waals surface area contributed by atoms with Gasteiger partial charge in [0.1, 0.15) is 5.69 Å². The lowest BCUT2D eigenvalue weighted by Crippen LogP contribution is -2.44. The summed E-state index contributed by atoms with van der Waals surface area (Å²) in [6.07, 6.45) is 1.88. The smallest absolute Gasteiger partial charge is 0.293 e. The molecule has 1 N–H and O–H groups in total. The minimum absolute atomic E-state index is 0.00213. The summed E-state index contributed by atoms with van der Waals surface area (Å²) in [6.45, 7) is 5.87. The van der Waals surface area contributed by atoms with E-state index in [1.807, 2.05) is 18.9 Å². The quantitative estimate of drug-likeness (QED) is 0.492. The number of unbranched alkanes of at least 4 members (excludes halogenated alkanes) is 1. The lowest BCUT2D eigenvalue weighted by molar-refractivity contribution is -0.384. The van der Waals surface area contributed by atoms with Gasteiger partial charge in [0.15, 0.2) is 0 Å². The first kappa shape index (κ1) is 17.2. The van der Waals surface area contributed by atoms with Gasteiger partial charge in [0, 0.05) is 44.4 Å². The van der Waals surface area contributed by atoms with Gasteiger partial charge in [-0.25, -0.2) is 0 Å². The van der Waals surface area contributed by atoms with Crippen molar-refractivity contribution in [3.05, 3.63) is 33.9 Å². The summed E-state index contributed by atoms with van der Waals surface area (Å²) >= 11 is 0. The van der Waals surface area contributed by atoms with E-state index in [-0.39, 0.29) is 11.6 Å². The number of nitro groups is 1. The Labute approximate surface area is 136 Å². The van der Waals surface area contributed by atoms with E-state index in [1.54, 1.807) is 12.1 Å². The number of nitro benzene ring substituents is 1. The predicted octanol–water partition coefficient (Wildman–Crippen LogP) is 1.88. The molecule has 23 heavy (non-hydrogen) atoms. The molecule has 1 amide bonds. The molecule has 0 unspecified atom stereocenters. The molecule has 0 bridgehead atoms. The van der Waals surface area contributed by atoms with Crippen LogP contribution in [0.3, 0.4) is 0 Å². The third kappa shape index (κ3) is 4.41. The molecule has 1 heterocycles. The van der Waals surface area contributed by atoms with Gasteiger partial charge in [-0.05, 0) is 25.6 Å². The zero-order chi connectivity index (χ0) is 16.8. The second-order valence-corrected chi connectivity index (χ2v) is 5.86. The Hall–Kier alpha value is -2.15. The van der Waals surface area contributed by atoms with Crippen molar-refractivity contribution in [3.63, 3.8) is 0 Å². The van der Waals surface area contributed by atoms with Gasteiger partial charge < -0.3 is 15.1 Å². The van der Waals surface area contributed by atoms with Gasteiger partial charge in [-0.15, -0.1) is 0 Å². The first-order valence-electron chi connectivity index (χ1n) is 8.03. The van der Waals surface area contributed by atoms with E-state index in [2.05, 4.69) is 10.2 Å². The van der Waals surface area contributed by atoms with Crippen LogP contribution in [-0.2, 0) is 0 Å². The number of piperazine rings is 1. The lowest BCUT2D eigenvalue weighted by Gasteiger charge is -2.33. The van der Waals surface area contributed by atoms with Crippen LogP contribution in [0.5, 0.6) is 0 Å². The van der Waals surface area contributed by atoms with E-state index < -0.39 is 4.92 Å². The number of carbonyl (C=O) groups is 1. The average molecular weight is 320 g/mol. The Morgan fingerprint density at radius 1 is 1.30 bits per heavy atom. The largest absolute Gasteiger partial charge is 0.363 e. The van der Waals surface area contributed by atoms with Crippen LogP contribution in [0.1, 0.15) is 30.1 Å². The molecule has 0 spiro atoms. The number of carbonyl (C=O) groups excluding carboxylic acids is 1. The number of likely N-dealkylation sites (N-methyl/N-ethyl adjacent to an activating group) is 1. The number of benzene rings is 1. The van der Waals surface area contributed by atoms with Gasteiger partial charge in [0.25, 0.3) is 11.6 Å². The summed E-state index contributed by atoms with van der Waals surface area (Å²) in [5.74, 6) is -0.258. The van der Waals surface area contributed by atoms with E-state index in [0.29, 0.717) is 17.8 Å². The second kappa shape index (κ2) is 7.92. The van der Waals surface area contributed by atoms with Crippen molar-refractivity contribution >= 4 is 17.3 Å². The summed E-state index contributed by atoms with van der Waals surface area (Å²) < 4.78 is 0. The molecule has 126 valence electrons. The highest BCUT2D eigenvalue weighted by Gasteiger charge is 2.24. The van der Waals surface area contributed by atoms with Gasteiger partial charge in [-0.2, -0.15) is 0 Å². The van der Waals surface area contributed by atoms with Crippen molar-refractivity contribution in [3.8, 4) is 0 Å². The molecule has 0 radical (unpaired) electrons. The van der Waals surface area contributed by atoms with Gasteiger partial charge in [-0.3, -0.25) is 14.9 Å². The highest BCUT2D eigenvalue weighted by molar-refractivity contribution is 5.95.